The van der Waals surface area contributed by atoms with Gasteiger partial charge in [-0.15, -0.1) is 11.3 Å². The van der Waals surface area contributed by atoms with Crippen molar-refractivity contribution < 1.29 is 4.79 Å². The highest BCUT2D eigenvalue weighted by Gasteiger charge is 2.26. The first-order chi connectivity index (χ1) is 10.2. The molecule has 0 bridgehead atoms. The van der Waals surface area contributed by atoms with Crippen LogP contribution in [0.5, 0.6) is 0 Å². The number of aliphatic imine (C=N–C) groups is 1. The van der Waals surface area contributed by atoms with Gasteiger partial charge in [0.05, 0.1) is 17.7 Å². The number of thiazole rings is 1. The molecule has 0 aliphatic carbocycles. The molecule has 0 radical (unpaired) electrons. The number of carbonyl (C=O) groups excluding carboxylic acids is 1. The summed E-state index contributed by atoms with van der Waals surface area (Å²) >= 11 is 3.44. The Morgan fingerprint density at radius 1 is 1.38 bits per heavy atom. The van der Waals surface area contributed by atoms with Gasteiger partial charge in [-0.1, -0.05) is 18.7 Å². The van der Waals surface area contributed by atoms with Crippen LogP contribution in [0.15, 0.2) is 15.9 Å². The standard InChI is InChI=1S/C14H20N4OS2/c1-11-8-15-14(21-11)18-6-4-17(5-7-18)13(19)3-2-12-9-20-10-16-12/h9-11H,2-8H2,1H3/t11-/m0/s1. The second-order valence-electron chi connectivity index (χ2n) is 5.40. The van der Waals surface area contributed by atoms with Crippen molar-refractivity contribution in [2.75, 3.05) is 32.7 Å². The van der Waals surface area contributed by atoms with Crippen molar-refractivity contribution in [3.8, 4) is 0 Å². The molecule has 3 heterocycles. The first-order valence-corrected chi connectivity index (χ1v) is 9.15. The number of hydrogen-bond donors (Lipinski definition) is 0. The van der Waals surface area contributed by atoms with Crippen molar-refractivity contribution in [3.63, 3.8) is 0 Å². The van der Waals surface area contributed by atoms with Gasteiger partial charge >= 0.3 is 0 Å². The lowest BCUT2D eigenvalue weighted by atomic mass is 10.2. The Balaban J connectivity index is 1.43. The number of piperazine rings is 1. The van der Waals surface area contributed by atoms with Gasteiger partial charge in [-0.3, -0.25) is 9.79 Å². The Kier molecular flexibility index (Phi) is 4.80. The van der Waals surface area contributed by atoms with Crippen molar-refractivity contribution in [1.82, 2.24) is 14.8 Å². The highest BCUT2D eigenvalue weighted by atomic mass is 32.2. The maximum absolute atomic E-state index is 12.2. The van der Waals surface area contributed by atoms with Crippen molar-refractivity contribution >= 4 is 34.2 Å². The minimum atomic E-state index is 0.247. The lowest BCUT2D eigenvalue weighted by Gasteiger charge is -2.35. The van der Waals surface area contributed by atoms with Gasteiger partial charge in [0.1, 0.15) is 0 Å². The van der Waals surface area contributed by atoms with Crippen LogP contribution in [0, 0.1) is 0 Å². The molecule has 1 aromatic rings. The molecule has 0 aromatic carbocycles. The van der Waals surface area contributed by atoms with Crippen LogP contribution in [0.3, 0.4) is 0 Å². The van der Waals surface area contributed by atoms with Crippen LogP contribution in [-0.2, 0) is 11.2 Å². The number of nitrogens with zero attached hydrogens (tertiary/aromatic N) is 4. The van der Waals surface area contributed by atoms with Crippen molar-refractivity contribution in [1.29, 1.82) is 0 Å². The van der Waals surface area contributed by atoms with Gasteiger partial charge < -0.3 is 9.80 Å². The van der Waals surface area contributed by atoms with E-state index in [2.05, 4.69) is 21.8 Å². The van der Waals surface area contributed by atoms with E-state index >= 15 is 0 Å². The van der Waals surface area contributed by atoms with Crippen LogP contribution in [0.1, 0.15) is 19.0 Å². The molecular weight excluding hydrogens is 304 g/mol. The number of hydrogen-bond acceptors (Lipinski definition) is 6. The maximum atomic E-state index is 12.2. The van der Waals surface area contributed by atoms with E-state index in [-0.39, 0.29) is 5.91 Å². The summed E-state index contributed by atoms with van der Waals surface area (Å²) in [5.41, 5.74) is 2.84. The molecule has 1 saturated heterocycles. The summed E-state index contributed by atoms with van der Waals surface area (Å²) in [4.78, 5) is 25.3. The SMILES string of the molecule is C[C@H]1CN=C(N2CCN(C(=O)CCc3cscn3)CC2)S1. The predicted octanol–water partition coefficient (Wildman–Crippen LogP) is 1.71. The molecule has 2 aliphatic heterocycles. The summed E-state index contributed by atoms with van der Waals surface area (Å²) < 4.78 is 0. The largest absolute Gasteiger partial charge is 0.348 e. The topological polar surface area (TPSA) is 48.8 Å². The van der Waals surface area contributed by atoms with Gasteiger partial charge in [0, 0.05) is 43.2 Å². The van der Waals surface area contributed by atoms with Crippen LogP contribution >= 0.6 is 23.1 Å². The molecule has 21 heavy (non-hydrogen) atoms. The van der Waals surface area contributed by atoms with E-state index in [4.69, 9.17) is 0 Å². The highest BCUT2D eigenvalue weighted by Crippen LogP contribution is 2.23. The number of rotatable bonds is 3. The third-order valence-electron chi connectivity index (χ3n) is 3.77. The third kappa shape index (κ3) is 3.77. The van der Waals surface area contributed by atoms with Gasteiger partial charge in [-0.05, 0) is 6.42 Å². The van der Waals surface area contributed by atoms with E-state index in [0.717, 1.165) is 50.0 Å². The molecule has 1 atom stereocenters. The van der Waals surface area contributed by atoms with Gasteiger partial charge in [0.15, 0.2) is 5.17 Å². The summed E-state index contributed by atoms with van der Waals surface area (Å²) in [5.74, 6) is 0.247. The predicted molar refractivity (Wildman–Crippen MR) is 87.9 cm³/mol. The molecule has 114 valence electrons. The molecule has 2 aliphatic rings. The molecular formula is C14H20N4OS2. The quantitative estimate of drug-likeness (QED) is 0.849. The summed E-state index contributed by atoms with van der Waals surface area (Å²) in [6.07, 6.45) is 1.32. The monoisotopic (exact) mass is 324 g/mol. The van der Waals surface area contributed by atoms with E-state index in [0.29, 0.717) is 11.7 Å². The number of aromatic nitrogens is 1. The van der Waals surface area contributed by atoms with E-state index in [1.54, 1.807) is 11.3 Å². The number of thioether (sulfide) groups is 1. The normalized spacial score (nSPS) is 22.5. The van der Waals surface area contributed by atoms with E-state index in [9.17, 15) is 4.79 Å². The van der Waals surface area contributed by atoms with Crippen LogP contribution in [0.25, 0.3) is 0 Å². The Morgan fingerprint density at radius 2 is 2.19 bits per heavy atom. The minimum absolute atomic E-state index is 0.247. The molecule has 1 fully saturated rings. The van der Waals surface area contributed by atoms with Crippen LogP contribution in [0.4, 0.5) is 0 Å². The third-order valence-corrected chi connectivity index (χ3v) is 5.56. The second-order valence-corrected chi connectivity index (χ2v) is 7.52. The molecule has 7 heteroatoms. The minimum Gasteiger partial charge on any atom is -0.348 e. The lowest BCUT2D eigenvalue weighted by molar-refractivity contribution is -0.132. The average Bonchev–Trinajstić information content (AvgIpc) is 3.16. The van der Waals surface area contributed by atoms with E-state index < -0.39 is 0 Å². The van der Waals surface area contributed by atoms with Crippen LogP contribution in [-0.4, -0.2) is 63.8 Å². The Labute approximate surface area is 133 Å². The Morgan fingerprint density at radius 3 is 2.81 bits per heavy atom. The first-order valence-electron chi connectivity index (χ1n) is 7.33. The number of carbonyl (C=O) groups is 1. The highest BCUT2D eigenvalue weighted by molar-refractivity contribution is 8.14. The molecule has 0 unspecified atom stereocenters. The first kappa shape index (κ1) is 14.8. The summed E-state index contributed by atoms with van der Waals surface area (Å²) in [6, 6.07) is 0. The zero-order valence-electron chi connectivity index (χ0n) is 12.2. The lowest BCUT2D eigenvalue weighted by Crippen LogP contribution is -2.49. The fourth-order valence-electron chi connectivity index (χ4n) is 2.54. The summed E-state index contributed by atoms with van der Waals surface area (Å²) in [6.45, 7) is 6.56. The molecule has 0 N–H and O–H groups in total. The fraction of sp³-hybridized carbons (Fsp3) is 0.643. The molecule has 1 aromatic heterocycles. The van der Waals surface area contributed by atoms with Gasteiger partial charge in [0.25, 0.3) is 0 Å². The van der Waals surface area contributed by atoms with Crippen molar-refractivity contribution in [2.45, 2.75) is 25.0 Å². The van der Waals surface area contributed by atoms with Gasteiger partial charge in [-0.25, -0.2) is 4.98 Å². The van der Waals surface area contributed by atoms with E-state index in [1.807, 2.05) is 27.6 Å². The second kappa shape index (κ2) is 6.79. The van der Waals surface area contributed by atoms with Crippen LogP contribution < -0.4 is 0 Å². The zero-order chi connectivity index (χ0) is 14.7. The van der Waals surface area contributed by atoms with Crippen molar-refractivity contribution in [2.24, 2.45) is 4.99 Å². The number of amides is 1. The van der Waals surface area contributed by atoms with Gasteiger partial charge in [-0.2, -0.15) is 0 Å². The molecule has 5 nitrogen and oxygen atoms in total. The fourth-order valence-corrected chi connectivity index (χ4v) is 4.12. The summed E-state index contributed by atoms with van der Waals surface area (Å²) in [5, 5.41) is 3.77. The average molecular weight is 324 g/mol. The zero-order valence-corrected chi connectivity index (χ0v) is 13.8. The number of amidine groups is 1. The summed E-state index contributed by atoms with van der Waals surface area (Å²) in [7, 11) is 0. The van der Waals surface area contributed by atoms with Gasteiger partial charge in [0.2, 0.25) is 5.91 Å². The molecule has 0 saturated carbocycles. The molecule has 3 rings (SSSR count). The van der Waals surface area contributed by atoms with Crippen molar-refractivity contribution in [3.05, 3.63) is 16.6 Å². The maximum Gasteiger partial charge on any atom is 0.223 e. The van der Waals surface area contributed by atoms with Crippen LogP contribution in [0.2, 0.25) is 0 Å². The Hall–Kier alpha value is -1.08. The Bertz CT molecular complexity index is 509. The smallest absolute Gasteiger partial charge is 0.223 e. The number of aryl methyl sites for hydroxylation is 1. The molecule has 1 amide bonds. The van der Waals surface area contributed by atoms with E-state index in [1.165, 1.54) is 0 Å². The molecule has 0 spiro atoms.